The highest BCUT2D eigenvalue weighted by molar-refractivity contribution is 7.13. The maximum atomic E-state index is 10.5. The summed E-state index contributed by atoms with van der Waals surface area (Å²) in [6.45, 7) is 0.573. The molecule has 6 nitrogen and oxygen atoms in total. The number of carbonyl (C=O) groups is 1. The normalized spacial score (nSPS) is 10.4. The molecule has 0 aliphatic rings. The summed E-state index contributed by atoms with van der Waals surface area (Å²) in [5.74, 6) is 0.0333. The molecule has 0 spiro atoms. The predicted octanol–water partition coefficient (Wildman–Crippen LogP) is 1.12. The summed E-state index contributed by atoms with van der Waals surface area (Å²) in [7, 11) is 1.92. The predicted molar refractivity (Wildman–Crippen MR) is 64.0 cm³/mol. The number of hydrogen-bond donors (Lipinski definition) is 2. The Bertz CT molecular complexity index is 520. The second-order valence-electron chi connectivity index (χ2n) is 3.52. The molecule has 7 heteroatoms. The van der Waals surface area contributed by atoms with E-state index in [2.05, 4.69) is 15.3 Å². The third-order valence-electron chi connectivity index (χ3n) is 2.20. The van der Waals surface area contributed by atoms with Crippen LogP contribution in [0.5, 0.6) is 0 Å². The average Bonchev–Trinajstić information content (AvgIpc) is 2.84. The van der Waals surface area contributed by atoms with E-state index in [1.54, 1.807) is 11.6 Å². The van der Waals surface area contributed by atoms with Crippen LogP contribution in [-0.4, -0.2) is 25.6 Å². The molecule has 0 aromatic carbocycles. The zero-order valence-corrected chi connectivity index (χ0v) is 10.1. The third kappa shape index (κ3) is 3.04. The Morgan fingerprint density at radius 3 is 3.12 bits per heavy atom. The summed E-state index contributed by atoms with van der Waals surface area (Å²) in [5.41, 5.74) is 0.574. The molecule has 0 saturated heterocycles. The van der Waals surface area contributed by atoms with Crippen LogP contribution in [0.15, 0.2) is 17.8 Å². The Hall–Kier alpha value is -1.89. The highest BCUT2D eigenvalue weighted by atomic mass is 32.1. The van der Waals surface area contributed by atoms with E-state index in [1.807, 2.05) is 17.8 Å². The molecule has 0 fully saturated rings. The van der Waals surface area contributed by atoms with Gasteiger partial charge in [0.05, 0.1) is 18.7 Å². The van der Waals surface area contributed by atoms with Crippen molar-refractivity contribution < 1.29 is 9.90 Å². The van der Waals surface area contributed by atoms with E-state index in [-0.39, 0.29) is 6.42 Å². The van der Waals surface area contributed by atoms with E-state index >= 15 is 0 Å². The van der Waals surface area contributed by atoms with Gasteiger partial charge in [-0.3, -0.25) is 4.79 Å². The number of carboxylic acids is 1. The van der Waals surface area contributed by atoms with Crippen molar-refractivity contribution in [1.29, 1.82) is 0 Å². The van der Waals surface area contributed by atoms with Crippen LogP contribution in [0.4, 0.5) is 5.13 Å². The molecule has 0 amide bonds. The molecule has 2 rings (SSSR count). The molecule has 0 bridgehead atoms. The van der Waals surface area contributed by atoms with E-state index in [9.17, 15) is 4.79 Å². The summed E-state index contributed by atoms with van der Waals surface area (Å²) in [4.78, 5) is 18.8. The van der Waals surface area contributed by atoms with E-state index in [0.717, 1.165) is 5.82 Å². The molecule has 2 aromatic heterocycles. The second-order valence-corrected chi connectivity index (χ2v) is 4.38. The van der Waals surface area contributed by atoms with Gasteiger partial charge < -0.3 is 15.0 Å². The Balaban J connectivity index is 1.93. The maximum absolute atomic E-state index is 10.5. The molecule has 2 N–H and O–H groups in total. The number of aromatic nitrogens is 3. The zero-order valence-electron chi connectivity index (χ0n) is 9.25. The number of anilines is 1. The number of rotatable bonds is 5. The average molecular weight is 252 g/mol. The molecular formula is C10H12N4O2S. The quantitative estimate of drug-likeness (QED) is 0.833. The largest absolute Gasteiger partial charge is 0.481 e. The van der Waals surface area contributed by atoms with Crippen LogP contribution in [0.2, 0.25) is 0 Å². The molecule has 2 heterocycles. The fourth-order valence-corrected chi connectivity index (χ4v) is 2.05. The molecule has 0 aliphatic heterocycles. The first-order chi connectivity index (χ1) is 8.15. The SMILES string of the molecule is Cn1ccnc1CNc1nc(CC(=O)O)cs1. The molecular weight excluding hydrogens is 240 g/mol. The van der Waals surface area contributed by atoms with E-state index in [4.69, 9.17) is 5.11 Å². The number of nitrogens with one attached hydrogen (secondary N) is 1. The van der Waals surface area contributed by atoms with Crippen molar-refractivity contribution >= 4 is 22.4 Å². The number of nitrogens with zero attached hydrogens (tertiary/aromatic N) is 3. The van der Waals surface area contributed by atoms with Crippen LogP contribution in [0, 0.1) is 0 Å². The van der Waals surface area contributed by atoms with Gasteiger partial charge in [-0.2, -0.15) is 0 Å². The van der Waals surface area contributed by atoms with Gasteiger partial charge in [-0.25, -0.2) is 9.97 Å². The summed E-state index contributed by atoms with van der Waals surface area (Å²) in [6, 6.07) is 0. The van der Waals surface area contributed by atoms with Gasteiger partial charge in [0, 0.05) is 24.8 Å². The van der Waals surface area contributed by atoms with Crippen molar-refractivity contribution in [3.05, 3.63) is 29.3 Å². The minimum Gasteiger partial charge on any atom is -0.481 e. The van der Waals surface area contributed by atoms with Gasteiger partial charge in [0.1, 0.15) is 5.82 Å². The van der Waals surface area contributed by atoms with Crippen molar-refractivity contribution in [3.63, 3.8) is 0 Å². The number of carboxylic acid groups (broad SMARTS) is 1. The van der Waals surface area contributed by atoms with Crippen LogP contribution < -0.4 is 5.32 Å². The highest BCUT2D eigenvalue weighted by Gasteiger charge is 2.06. The smallest absolute Gasteiger partial charge is 0.309 e. The van der Waals surface area contributed by atoms with Crippen molar-refractivity contribution in [3.8, 4) is 0 Å². The maximum Gasteiger partial charge on any atom is 0.309 e. The highest BCUT2D eigenvalue weighted by Crippen LogP contribution is 2.16. The molecule has 0 saturated carbocycles. The fraction of sp³-hybridized carbons (Fsp3) is 0.300. The zero-order chi connectivity index (χ0) is 12.3. The van der Waals surface area contributed by atoms with E-state index in [1.165, 1.54) is 11.3 Å². The molecule has 0 unspecified atom stereocenters. The lowest BCUT2D eigenvalue weighted by Gasteiger charge is -2.02. The Labute approximate surface area is 102 Å². The Morgan fingerprint density at radius 2 is 2.47 bits per heavy atom. The lowest BCUT2D eigenvalue weighted by Crippen LogP contribution is -2.06. The van der Waals surface area contributed by atoms with E-state index in [0.29, 0.717) is 17.4 Å². The van der Waals surface area contributed by atoms with Gasteiger partial charge in [-0.05, 0) is 0 Å². The Morgan fingerprint density at radius 1 is 1.65 bits per heavy atom. The standard InChI is InChI=1S/C10H12N4O2S/c1-14-3-2-11-8(14)5-12-10-13-7(6-17-10)4-9(15)16/h2-3,6H,4-5H2,1H3,(H,12,13)(H,15,16). The van der Waals surface area contributed by atoms with Crippen LogP contribution in [0.1, 0.15) is 11.5 Å². The van der Waals surface area contributed by atoms with Gasteiger partial charge in [-0.15, -0.1) is 11.3 Å². The molecule has 0 atom stereocenters. The van der Waals surface area contributed by atoms with Crippen LogP contribution >= 0.6 is 11.3 Å². The lowest BCUT2D eigenvalue weighted by molar-refractivity contribution is -0.136. The number of imidazole rings is 1. The first-order valence-electron chi connectivity index (χ1n) is 5.01. The summed E-state index contributed by atoms with van der Waals surface area (Å²) >= 11 is 1.40. The van der Waals surface area contributed by atoms with Crippen molar-refractivity contribution in [2.24, 2.45) is 7.05 Å². The summed E-state index contributed by atoms with van der Waals surface area (Å²) < 4.78 is 1.92. The van der Waals surface area contributed by atoms with Gasteiger partial charge in [0.25, 0.3) is 0 Å². The first-order valence-corrected chi connectivity index (χ1v) is 5.89. The number of aliphatic carboxylic acids is 1. The van der Waals surface area contributed by atoms with Gasteiger partial charge in [-0.1, -0.05) is 0 Å². The summed E-state index contributed by atoms with van der Waals surface area (Å²) in [5, 5.41) is 14.2. The van der Waals surface area contributed by atoms with Gasteiger partial charge >= 0.3 is 5.97 Å². The molecule has 0 aliphatic carbocycles. The Kier molecular flexibility index (Phi) is 3.38. The van der Waals surface area contributed by atoms with Crippen LogP contribution in [0.3, 0.4) is 0 Å². The van der Waals surface area contributed by atoms with Crippen molar-refractivity contribution in [2.75, 3.05) is 5.32 Å². The molecule has 0 radical (unpaired) electrons. The van der Waals surface area contributed by atoms with Crippen molar-refractivity contribution in [1.82, 2.24) is 14.5 Å². The van der Waals surface area contributed by atoms with Crippen LogP contribution in [0.25, 0.3) is 0 Å². The fourth-order valence-electron chi connectivity index (χ4n) is 1.35. The van der Waals surface area contributed by atoms with Gasteiger partial charge in [0.2, 0.25) is 0 Å². The monoisotopic (exact) mass is 252 g/mol. The second kappa shape index (κ2) is 4.96. The van der Waals surface area contributed by atoms with Gasteiger partial charge in [0.15, 0.2) is 5.13 Å². The first kappa shape index (κ1) is 11.6. The molecule has 17 heavy (non-hydrogen) atoms. The molecule has 2 aromatic rings. The molecule has 90 valence electrons. The third-order valence-corrected chi connectivity index (χ3v) is 3.05. The number of aryl methyl sites for hydroxylation is 1. The number of thiazole rings is 1. The minimum atomic E-state index is -0.869. The van der Waals surface area contributed by atoms with Crippen LogP contribution in [-0.2, 0) is 24.8 Å². The topological polar surface area (TPSA) is 80.0 Å². The lowest BCUT2D eigenvalue weighted by atomic mass is 10.3. The summed E-state index contributed by atoms with van der Waals surface area (Å²) in [6.07, 6.45) is 3.56. The number of hydrogen-bond acceptors (Lipinski definition) is 5. The van der Waals surface area contributed by atoms with E-state index < -0.39 is 5.97 Å². The minimum absolute atomic E-state index is 0.0411. The van der Waals surface area contributed by atoms with Crippen molar-refractivity contribution in [2.45, 2.75) is 13.0 Å².